The molecule has 2 N–H and O–H groups in total. The van der Waals surface area contributed by atoms with Crippen LogP contribution in [0.5, 0.6) is 11.5 Å². The quantitative estimate of drug-likeness (QED) is 0.565. The summed E-state index contributed by atoms with van der Waals surface area (Å²) < 4.78 is 10.7. The zero-order valence-corrected chi connectivity index (χ0v) is 16.8. The van der Waals surface area contributed by atoms with E-state index in [0.29, 0.717) is 6.04 Å². The second-order valence-electron chi connectivity index (χ2n) is 7.11. The van der Waals surface area contributed by atoms with E-state index in [-0.39, 0.29) is 0 Å². The maximum absolute atomic E-state index is 5.39. The summed E-state index contributed by atoms with van der Waals surface area (Å²) in [6.07, 6.45) is 3.25. The van der Waals surface area contributed by atoms with Crippen molar-refractivity contribution in [1.82, 2.24) is 9.97 Å². The summed E-state index contributed by atoms with van der Waals surface area (Å²) in [5, 5.41) is 6.92. The molecule has 1 fully saturated rings. The topological polar surface area (TPSA) is 68.3 Å². The summed E-state index contributed by atoms with van der Waals surface area (Å²) in [6, 6.07) is 18.6. The Morgan fingerprint density at radius 3 is 2.38 bits per heavy atom. The lowest BCUT2D eigenvalue weighted by Crippen LogP contribution is -2.10. The lowest BCUT2D eigenvalue weighted by atomic mass is 10.1. The highest BCUT2D eigenvalue weighted by Gasteiger charge is 2.22. The molecule has 1 heterocycles. The van der Waals surface area contributed by atoms with Crippen molar-refractivity contribution >= 4 is 11.6 Å². The first-order valence-corrected chi connectivity index (χ1v) is 9.91. The largest absolute Gasteiger partial charge is 0.493 e. The van der Waals surface area contributed by atoms with Crippen LogP contribution in [0.25, 0.3) is 11.4 Å². The Morgan fingerprint density at radius 2 is 1.66 bits per heavy atom. The van der Waals surface area contributed by atoms with Crippen LogP contribution in [0.1, 0.15) is 18.4 Å². The Bertz CT molecular complexity index is 958. The number of benzene rings is 2. The number of methoxy groups -OCH3 is 2. The minimum absolute atomic E-state index is 0.535. The van der Waals surface area contributed by atoms with E-state index in [9.17, 15) is 0 Å². The van der Waals surface area contributed by atoms with Gasteiger partial charge in [0.25, 0.3) is 0 Å². The van der Waals surface area contributed by atoms with Crippen LogP contribution in [0.2, 0.25) is 0 Å². The monoisotopic (exact) mass is 390 g/mol. The molecule has 0 amide bonds. The van der Waals surface area contributed by atoms with Crippen LogP contribution in [0.15, 0.2) is 54.6 Å². The predicted octanol–water partition coefficient (Wildman–Crippen LogP) is 4.39. The van der Waals surface area contributed by atoms with E-state index in [0.717, 1.165) is 47.5 Å². The summed E-state index contributed by atoms with van der Waals surface area (Å²) in [5.41, 5.74) is 2.18. The molecule has 29 heavy (non-hydrogen) atoms. The molecule has 1 saturated carbocycles. The molecule has 3 aromatic rings. The molecule has 2 aromatic carbocycles. The Labute approximate surface area is 171 Å². The normalized spacial score (nSPS) is 13.0. The van der Waals surface area contributed by atoms with E-state index < -0.39 is 0 Å². The molecule has 0 unspecified atom stereocenters. The highest BCUT2D eigenvalue weighted by molar-refractivity contribution is 5.61. The third-order valence-corrected chi connectivity index (χ3v) is 4.86. The van der Waals surface area contributed by atoms with E-state index >= 15 is 0 Å². The first-order chi connectivity index (χ1) is 14.2. The lowest BCUT2D eigenvalue weighted by Gasteiger charge is -2.12. The third kappa shape index (κ3) is 4.96. The van der Waals surface area contributed by atoms with Gasteiger partial charge in [-0.25, -0.2) is 9.97 Å². The van der Waals surface area contributed by atoms with Gasteiger partial charge in [-0.1, -0.05) is 36.4 Å². The zero-order valence-electron chi connectivity index (χ0n) is 16.8. The molecule has 6 nitrogen and oxygen atoms in total. The predicted molar refractivity (Wildman–Crippen MR) is 116 cm³/mol. The maximum Gasteiger partial charge on any atom is 0.163 e. The molecule has 150 valence electrons. The first-order valence-electron chi connectivity index (χ1n) is 9.91. The van der Waals surface area contributed by atoms with Crippen LogP contribution in [0.4, 0.5) is 11.6 Å². The van der Waals surface area contributed by atoms with Crippen LogP contribution in [0, 0.1) is 0 Å². The van der Waals surface area contributed by atoms with Gasteiger partial charge in [0.2, 0.25) is 0 Å². The third-order valence-electron chi connectivity index (χ3n) is 4.86. The lowest BCUT2D eigenvalue weighted by molar-refractivity contribution is 0.354. The van der Waals surface area contributed by atoms with Crippen LogP contribution >= 0.6 is 0 Å². The molecule has 0 aliphatic heterocycles. The number of aromatic nitrogens is 2. The Hall–Kier alpha value is -3.28. The Balaban J connectivity index is 1.47. The van der Waals surface area contributed by atoms with Crippen molar-refractivity contribution in [2.24, 2.45) is 0 Å². The smallest absolute Gasteiger partial charge is 0.163 e. The van der Waals surface area contributed by atoms with Crippen LogP contribution < -0.4 is 20.1 Å². The molecule has 0 bridgehead atoms. The van der Waals surface area contributed by atoms with Crippen LogP contribution in [0.3, 0.4) is 0 Å². The average molecular weight is 390 g/mol. The van der Waals surface area contributed by atoms with Gasteiger partial charge in [0.05, 0.1) is 14.2 Å². The van der Waals surface area contributed by atoms with E-state index in [1.165, 1.54) is 18.4 Å². The number of nitrogens with one attached hydrogen (secondary N) is 2. The summed E-state index contributed by atoms with van der Waals surface area (Å²) in [7, 11) is 3.30. The summed E-state index contributed by atoms with van der Waals surface area (Å²) in [6.45, 7) is 0.754. The fraction of sp³-hybridized carbons (Fsp3) is 0.304. The SMILES string of the molecule is COc1ccc(CCNc2cc(NC3CC3)nc(-c3ccccc3)n2)cc1OC. The van der Waals surface area contributed by atoms with Gasteiger partial charge in [-0.15, -0.1) is 0 Å². The maximum atomic E-state index is 5.39. The van der Waals surface area contributed by atoms with Crippen molar-refractivity contribution < 1.29 is 9.47 Å². The minimum Gasteiger partial charge on any atom is -0.493 e. The minimum atomic E-state index is 0.535. The average Bonchev–Trinajstić information content (AvgIpc) is 3.58. The van der Waals surface area contributed by atoms with Crippen LogP contribution in [-0.2, 0) is 6.42 Å². The molecule has 0 saturated heterocycles. The number of hydrogen-bond donors (Lipinski definition) is 2. The van der Waals surface area contributed by atoms with Crippen molar-refractivity contribution in [2.45, 2.75) is 25.3 Å². The summed E-state index contributed by atoms with van der Waals surface area (Å²) >= 11 is 0. The Morgan fingerprint density at radius 1 is 0.897 bits per heavy atom. The zero-order chi connectivity index (χ0) is 20.1. The fourth-order valence-electron chi connectivity index (χ4n) is 3.14. The molecule has 1 aromatic heterocycles. The number of rotatable bonds is 9. The molecule has 0 spiro atoms. The van der Waals surface area contributed by atoms with Crippen molar-refractivity contribution in [2.75, 3.05) is 31.4 Å². The molecular weight excluding hydrogens is 364 g/mol. The number of hydrogen-bond acceptors (Lipinski definition) is 6. The van der Waals surface area contributed by atoms with E-state index in [2.05, 4.69) is 16.7 Å². The highest BCUT2D eigenvalue weighted by atomic mass is 16.5. The van der Waals surface area contributed by atoms with Gasteiger partial charge in [0.15, 0.2) is 17.3 Å². The van der Waals surface area contributed by atoms with Gasteiger partial charge in [-0.05, 0) is 37.0 Å². The van der Waals surface area contributed by atoms with Gasteiger partial charge in [-0.3, -0.25) is 0 Å². The van der Waals surface area contributed by atoms with Gasteiger partial charge in [0, 0.05) is 24.2 Å². The summed E-state index contributed by atoms with van der Waals surface area (Å²) in [5.74, 6) is 3.90. The van der Waals surface area contributed by atoms with Gasteiger partial charge in [-0.2, -0.15) is 0 Å². The molecule has 0 atom stereocenters. The van der Waals surface area contributed by atoms with Gasteiger partial charge >= 0.3 is 0 Å². The van der Waals surface area contributed by atoms with Crippen molar-refractivity contribution in [3.63, 3.8) is 0 Å². The van der Waals surface area contributed by atoms with Crippen molar-refractivity contribution in [3.8, 4) is 22.9 Å². The van der Waals surface area contributed by atoms with Gasteiger partial charge < -0.3 is 20.1 Å². The van der Waals surface area contributed by atoms with Crippen molar-refractivity contribution in [3.05, 3.63) is 60.2 Å². The fourth-order valence-corrected chi connectivity index (χ4v) is 3.14. The molecular formula is C23H26N4O2. The van der Waals surface area contributed by atoms with Crippen molar-refractivity contribution in [1.29, 1.82) is 0 Å². The number of ether oxygens (including phenoxy) is 2. The Kier molecular flexibility index (Phi) is 5.79. The number of anilines is 2. The molecule has 0 radical (unpaired) electrons. The molecule has 4 rings (SSSR count). The highest BCUT2D eigenvalue weighted by Crippen LogP contribution is 2.28. The molecule has 1 aliphatic rings. The second-order valence-corrected chi connectivity index (χ2v) is 7.11. The van der Waals surface area contributed by atoms with E-state index in [1.54, 1.807) is 14.2 Å². The van der Waals surface area contributed by atoms with Gasteiger partial charge in [0.1, 0.15) is 11.6 Å². The first kappa shape index (κ1) is 19.1. The second kappa shape index (κ2) is 8.82. The van der Waals surface area contributed by atoms with Crippen LogP contribution in [-0.4, -0.2) is 36.8 Å². The van der Waals surface area contributed by atoms with E-state index in [4.69, 9.17) is 19.4 Å². The number of nitrogens with zero attached hydrogens (tertiary/aromatic N) is 2. The molecule has 6 heteroatoms. The molecule has 1 aliphatic carbocycles. The standard InChI is InChI=1S/C23H26N4O2/c1-28-19-11-8-16(14-20(19)29-2)12-13-24-21-15-22(25-18-9-10-18)27-23(26-21)17-6-4-3-5-7-17/h3-8,11,14-15,18H,9-10,12-13H2,1-2H3,(H2,24,25,26,27). The summed E-state index contributed by atoms with van der Waals surface area (Å²) in [4.78, 5) is 9.42. The van der Waals surface area contributed by atoms with E-state index in [1.807, 2.05) is 48.5 Å².